The summed E-state index contributed by atoms with van der Waals surface area (Å²) in [5, 5.41) is 0. The fourth-order valence-corrected chi connectivity index (χ4v) is 2.99. The highest BCUT2D eigenvalue weighted by atomic mass is 16.6. The summed E-state index contributed by atoms with van der Waals surface area (Å²) in [6.07, 6.45) is 0.442. The van der Waals surface area contributed by atoms with Gasteiger partial charge in [-0.15, -0.1) is 0 Å². The van der Waals surface area contributed by atoms with Crippen molar-refractivity contribution in [3.8, 4) is 0 Å². The molecule has 2 rings (SSSR count). The molecule has 1 aromatic rings. The first kappa shape index (κ1) is 20.7. The van der Waals surface area contributed by atoms with Crippen LogP contribution < -0.4 is 0 Å². The molecular weight excluding hydrogens is 330 g/mol. The van der Waals surface area contributed by atoms with Crippen LogP contribution in [0, 0.1) is 0 Å². The third-order valence-electron chi connectivity index (χ3n) is 4.04. The van der Waals surface area contributed by atoms with E-state index >= 15 is 0 Å². The van der Waals surface area contributed by atoms with Crippen LogP contribution in [0.1, 0.15) is 53.5 Å². The van der Waals surface area contributed by atoms with E-state index in [1.165, 1.54) is 0 Å². The molecule has 1 heterocycles. The highest BCUT2D eigenvalue weighted by Crippen LogP contribution is 2.26. The van der Waals surface area contributed by atoms with Gasteiger partial charge in [-0.1, -0.05) is 30.3 Å². The lowest BCUT2D eigenvalue weighted by Crippen LogP contribution is -2.40. The fraction of sp³-hybridized carbons (Fsp3) is 0.667. The standard InChI is InChI=1S/C21H33NO4/c1-20(2,3)25-15-17-12-18(26-21(4,5)6)13-22(17)19(23)24-14-16-10-8-7-9-11-16/h7-11,17-18H,12-15H2,1-6H3/t17-,18+/m0/s1. The molecule has 0 saturated carbocycles. The van der Waals surface area contributed by atoms with Gasteiger partial charge in [-0.25, -0.2) is 4.79 Å². The second kappa shape index (κ2) is 8.40. The summed E-state index contributed by atoms with van der Waals surface area (Å²) >= 11 is 0. The Morgan fingerprint density at radius 3 is 2.31 bits per heavy atom. The first-order valence-electron chi connectivity index (χ1n) is 9.32. The maximum Gasteiger partial charge on any atom is 0.410 e. The van der Waals surface area contributed by atoms with Crippen molar-refractivity contribution in [2.24, 2.45) is 0 Å². The Morgan fingerprint density at radius 1 is 1.08 bits per heavy atom. The van der Waals surface area contributed by atoms with E-state index in [0.717, 1.165) is 12.0 Å². The molecule has 0 N–H and O–H groups in total. The van der Waals surface area contributed by atoms with Crippen molar-refractivity contribution in [3.05, 3.63) is 35.9 Å². The molecule has 5 nitrogen and oxygen atoms in total. The molecule has 1 aliphatic heterocycles. The van der Waals surface area contributed by atoms with Gasteiger partial charge in [0.2, 0.25) is 0 Å². The van der Waals surface area contributed by atoms with Crippen molar-refractivity contribution in [1.29, 1.82) is 0 Å². The van der Waals surface area contributed by atoms with E-state index in [9.17, 15) is 4.79 Å². The van der Waals surface area contributed by atoms with E-state index in [2.05, 4.69) is 0 Å². The number of rotatable bonds is 5. The third kappa shape index (κ3) is 6.96. The lowest BCUT2D eigenvalue weighted by atomic mass is 10.1. The summed E-state index contributed by atoms with van der Waals surface area (Å²) in [6.45, 7) is 13.4. The summed E-state index contributed by atoms with van der Waals surface area (Å²) in [5.41, 5.74) is 0.483. The summed E-state index contributed by atoms with van der Waals surface area (Å²) in [6, 6.07) is 9.68. The molecule has 0 unspecified atom stereocenters. The Hall–Kier alpha value is -1.59. The van der Waals surface area contributed by atoms with Gasteiger partial charge in [-0.3, -0.25) is 0 Å². The SMILES string of the molecule is CC(C)(C)OC[C@@H]1C[C@@H](OC(C)(C)C)CN1C(=O)OCc1ccccc1. The van der Waals surface area contributed by atoms with Gasteiger partial charge in [0, 0.05) is 0 Å². The van der Waals surface area contributed by atoms with Gasteiger partial charge in [0.05, 0.1) is 36.5 Å². The van der Waals surface area contributed by atoms with E-state index in [0.29, 0.717) is 13.2 Å². The molecule has 146 valence electrons. The first-order valence-corrected chi connectivity index (χ1v) is 9.32. The van der Waals surface area contributed by atoms with Gasteiger partial charge in [-0.2, -0.15) is 0 Å². The Morgan fingerprint density at radius 2 is 1.73 bits per heavy atom. The van der Waals surface area contributed by atoms with Crippen LogP contribution in [0.15, 0.2) is 30.3 Å². The molecule has 1 aliphatic rings. The number of ether oxygens (including phenoxy) is 3. The van der Waals surface area contributed by atoms with Crippen molar-refractivity contribution in [3.63, 3.8) is 0 Å². The van der Waals surface area contributed by atoms with Crippen LogP contribution in [-0.2, 0) is 20.8 Å². The highest BCUT2D eigenvalue weighted by molar-refractivity contribution is 5.68. The van der Waals surface area contributed by atoms with Crippen LogP contribution in [-0.4, -0.2) is 47.5 Å². The zero-order valence-electron chi connectivity index (χ0n) is 17.0. The average molecular weight is 363 g/mol. The van der Waals surface area contributed by atoms with Gasteiger partial charge in [0.1, 0.15) is 6.61 Å². The lowest BCUT2D eigenvalue weighted by molar-refractivity contribution is -0.0553. The predicted molar refractivity (Wildman–Crippen MR) is 102 cm³/mol. The second-order valence-electron chi connectivity index (χ2n) is 8.86. The minimum atomic E-state index is -0.309. The van der Waals surface area contributed by atoms with Crippen LogP contribution in [0.25, 0.3) is 0 Å². The smallest absolute Gasteiger partial charge is 0.410 e. The quantitative estimate of drug-likeness (QED) is 0.778. The first-order chi connectivity index (χ1) is 12.0. The number of hydrogen-bond acceptors (Lipinski definition) is 4. The largest absolute Gasteiger partial charge is 0.445 e. The third-order valence-corrected chi connectivity index (χ3v) is 4.04. The van der Waals surface area contributed by atoms with Crippen molar-refractivity contribution >= 4 is 6.09 Å². The van der Waals surface area contributed by atoms with Crippen molar-refractivity contribution in [1.82, 2.24) is 4.90 Å². The highest BCUT2D eigenvalue weighted by Gasteiger charge is 2.39. The zero-order valence-corrected chi connectivity index (χ0v) is 17.0. The van der Waals surface area contributed by atoms with Gasteiger partial charge in [-0.05, 0) is 53.5 Å². The Labute approximate surface area is 157 Å². The van der Waals surface area contributed by atoms with E-state index in [4.69, 9.17) is 14.2 Å². The molecule has 5 heteroatoms. The number of hydrogen-bond donors (Lipinski definition) is 0. The van der Waals surface area contributed by atoms with Crippen LogP contribution in [0.3, 0.4) is 0 Å². The molecule has 0 aliphatic carbocycles. The van der Waals surface area contributed by atoms with Gasteiger partial charge < -0.3 is 19.1 Å². The Balaban J connectivity index is 1.98. The summed E-state index contributed by atoms with van der Waals surface area (Å²) in [4.78, 5) is 14.4. The van der Waals surface area contributed by atoms with Crippen molar-refractivity contribution < 1.29 is 19.0 Å². The predicted octanol–water partition coefficient (Wildman–Crippen LogP) is 4.40. The summed E-state index contributed by atoms with van der Waals surface area (Å²) in [5.74, 6) is 0. The maximum absolute atomic E-state index is 12.7. The van der Waals surface area contributed by atoms with Gasteiger partial charge >= 0.3 is 6.09 Å². The normalized spacial score (nSPS) is 21.1. The van der Waals surface area contributed by atoms with Gasteiger partial charge in [0.15, 0.2) is 0 Å². The van der Waals surface area contributed by atoms with Crippen LogP contribution >= 0.6 is 0 Å². The summed E-state index contributed by atoms with van der Waals surface area (Å²) < 4.78 is 17.6. The Bertz CT molecular complexity index is 574. The zero-order chi connectivity index (χ0) is 19.4. The molecule has 1 amide bonds. The summed E-state index contributed by atoms with van der Waals surface area (Å²) in [7, 11) is 0. The second-order valence-corrected chi connectivity index (χ2v) is 8.86. The molecule has 1 aromatic carbocycles. The van der Waals surface area contributed by atoms with Crippen molar-refractivity contribution in [2.45, 2.75) is 77.9 Å². The van der Waals surface area contributed by atoms with E-state index < -0.39 is 0 Å². The van der Waals surface area contributed by atoms with Crippen molar-refractivity contribution in [2.75, 3.05) is 13.2 Å². The number of likely N-dealkylation sites (tertiary alicyclic amines) is 1. The minimum Gasteiger partial charge on any atom is -0.445 e. The Kier molecular flexibility index (Phi) is 6.69. The number of carbonyl (C=O) groups is 1. The molecule has 26 heavy (non-hydrogen) atoms. The number of amides is 1. The van der Waals surface area contributed by atoms with Gasteiger partial charge in [0.25, 0.3) is 0 Å². The molecule has 0 radical (unpaired) electrons. The molecule has 0 bridgehead atoms. The minimum absolute atomic E-state index is 0.00663. The van der Waals surface area contributed by atoms with E-state index in [-0.39, 0.29) is 36.0 Å². The van der Waals surface area contributed by atoms with E-state index in [1.54, 1.807) is 4.90 Å². The van der Waals surface area contributed by atoms with Crippen LogP contribution in [0.4, 0.5) is 4.79 Å². The fourth-order valence-electron chi connectivity index (χ4n) is 2.99. The molecule has 0 aromatic heterocycles. The molecular formula is C21H33NO4. The maximum atomic E-state index is 12.7. The molecule has 2 atom stereocenters. The number of benzene rings is 1. The number of carbonyl (C=O) groups excluding carboxylic acids is 1. The molecule has 1 saturated heterocycles. The molecule has 0 spiro atoms. The lowest BCUT2D eigenvalue weighted by Gasteiger charge is -2.27. The van der Waals surface area contributed by atoms with E-state index in [1.807, 2.05) is 71.9 Å². The monoisotopic (exact) mass is 363 g/mol. The van der Waals surface area contributed by atoms with Crippen LogP contribution in [0.5, 0.6) is 0 Å². The average Bonchev–Trinajstić information content (AvgIpc) is 2.92. The topological polar surface area (TPSA) is 48.0 Å². The molecule has 1 fully saturated rings. The van der Waals surface area contributed by atoms with Crippen LogP contribution in [0.2, 0.25) is 0 Å². The number of nitrogens with zero attached hydrogens (tertiary/aromatic N) is 1.